The van der Waals surface area contributed by atoms with Gasteiger partial charge in [-0.2, -0.15) is 0 Å². The Morgan fingerprint density at radius 2 is 2.10 bits per heavy atom. The van der Waals surface area contributed by atoms with Crippen LogP contribution in [0.25, 0.3) is 0 Å². The predicted octanol–water partition coefficient (Wildman–Crippen LogP) is 3.92. The molecule has 2 fully saturated rings. The van der Waals surface area contributed by atoms with Crippen molar-refractivity contribution >= 4 is 11.6 Å². The summed E-state index contributed by atoms with van der Waals surface area (Å²) in [6.07, 6.45) is 6.37. The second kappa shape index (κ2) is 5.86. The van der Waals surface area contributed by atoms with Crippen LogP contribution in [-0.4, -0.2) is 26.8 Å². The fourth-order valence-corrected chi connectivity index (χ4v) is 4.61. The molecule has 0 bridgehead atoms. The van der Waals surface area contributed by atoms with E-state index < -0.39 is 0 Å². The Hall–Kier alpha value is -0.640. The van der Waals surface area contributed by atoms with E-state index in [1.165, 1.54) is 44.2 Å². The lowest BCUT2D eigenvalue weighted by atomic mass is 9.43. The summed E-state index contributed by atoms with van der Waals surface area (Å²) in [6.45, 7) is 2.44. The normalized spacial score (nSPS) is 21.9. The van der Waals surface area contributed by atoms with Crippen LogP contribution >= 0.6 is 11.6 Å². The molecule has 116 valence electrons. The van der Waals surface area contributed by atoms with Crippen molar-refractivity contribution in [3.05, 3.63) is 34.6 Å². The second-order valence-corrected chi connectivity index (χ2v) is 7.19. The number of hydrogen-bond donors (Lipinski definition) is 1. The van der Waals surface area contributed by atoms with E-state index in [1.807, 2.05) is 6.07 Å². The van der Waals surface area contributed by atoms with Gasteiger partial charge in [-0.05, 0) is 48.8 Å². The Morgan fingerprint density at radius 1 is 1.33 bits per heavy atom. The Morgan fingerprint density at radius 3 is 2.67 bits per heavy atom. The van der Waals surface area contributed by atoms with Crippen molar-refractivity contribution in [3.8, 4) is 0 Å². The number of benzene rings is 1. The number of hydrogen-bond acceptors (Lipinski definition) is 2. The third-order valence-electron chi connectivity index (χ3n) is 5.29. The van der Waals surface area contributed by atoms with E-state index in [4.69, 9.17) is 16.3 Å². The van der Waals surface area contributed by atoms with Crippen LogP contribution in [-0.2, 0) is 10.2 Å². The summed E-state index contributed by atoms with van der Waals surface area (Å²) in [5.41, 5.74) is 1.72. The smallest absolute Gasteiger partial charge is 0.124 e. The van der Waals surface area contributed by atoms with Crippen molar-refractivity contribution < 1.29 is 9.13 Å². The van der Waals surface area contributed by atoms with Crippen LogP contribution in [0.4, 0.5) is 4.39 Å². The van der Waals surface area contributed by atoms with Crippen molar-refractivity contribution in [2.75, 3.05) is 26.8 Å². The molecule has 2 nitrogen and oxygen atoms in total. The van der Waals surface area contributed by atoms with Crippen molar-refractivity contribution in [1.82, 2.24) is 5.32 Å². The Balaban J connectivity index is 1.76. The molecule has 0 unspecified atom stereocenters. The minimum absolute atomic E-state index is 0.0684. The maximum Gasteiger partial charge on any atom is 0.124 e. The Bertz CT molecular complexity index is 508. The van der Waals surface area contributed by atoms with Gasteiger partial charge in [0.15, 0.2) is 0 Å². The molecule has 0 saturated heterocycles. The molecule has 0 heterocycles. The van der Waals surface area contributed by atoms with E-state index in [1.54, 1.807) is 7.11 Å². The summed E-state index contributed by atoms with van der Waals surface area (Å²) < 4.78 is 18.4. The number of nitrogens with one attached hydrogen (secondary N) is 1. The summed E-state index contributed by atoms with van der Waals surface area (Å²) in [7, 11) is 1.71. The van der Waals surface area contributed by atoms with Gasteiger partial charge in [0.2, 0.25) is 0 Å². The lowest BCUT2D eigenvalue weighted by Gasteiger charge is -2.62. The lowest BCUT2D eigenvalue weighted by molar-refractivity contribution is -0.0485. The van der Waals surface area contributed by atoms with Crippen LogP contribution in [0.2, 0.25) is 5.02 Å². The van der Waals surface area contributed by atoms with E-state index >= 15 is 0 Å². The molecule has 0 amide bonds. The third-order valence-corrected chi connectivity index (χ3v) is 5.60. The maximum atomic E-state index is 13.3. The van der Waals surface area contributed by atoms with Crippen LogP contribution in [0.15, 0.2) is 18.2 Å². The number of rotatable bonds is 6. The zero-order valence-electron chi connectivity index (χ0n) is 12.6. The highest BCUT2D eigenvalue weighted by Gasteiger charge is 2.57. The van der Waals surface area contributed by atoms with Gasteiger partial charge in [0, 0.05) is 30.6 Å². The van der Waals surface area contributed by atoms with E-state index in [9.17, 15) is 4.39 Å². The van der Waals surface area contributed by atoms with Gasteiger partial charge in [-0.3, -0.25) is 0 Å². The zero-order chi connectivity index (χ0) is 14.9. The van der Waals surface area contributed by atoms with E-state index in [0.29, 0.717) is 17.0 Å². The first-order valence-electron chi connectivity index (χ1n) is 7.74. The molecule has 1 aromatic rings. The molecular formula is C17H23ClFNO. The molecule has 4 heteroatoms. The molecule has 0 aliphatic heterocycles. The summed E-state index contributed by atoms with van der Waals surface area (Å²) in [4.78, 5) is 0. The molecule has 0 atom stereocenters. The predicted molar refractivity (Wildman–Crippen MR) is 83.4 cm³/mol. The average Bonchev–Trinajstić information content (AvgIpc) is 2.36. The SMILES string of the molecule is COCCNCC1(c2ccc(F)cc2Cl)CC2(CCC2)C1. The van der Waals surface area contributed by atoms with Gasteiger partial charge in [0.05, 0.1) is 6.61 Å². The third kappa shape index (κ3) is 2.84. The summed E-state index contributed by atoms with van der Waals surface area (Å²) in [5.74, 6) is -0.260. The maximum absolute atomic E-state index is 13.3. The highest BCUT2D eigenvalue weighted by molar-refractivity contribution is 6.31. The van der Waals surface area contributed by atoms with Crippen LogP contribution < -0.4 is 5.32 Å². The van der Waals surface area contributed by atoms with Crippen molar-refractivity contribution in [2.45, 2.75) is 37.5 Å². The molecule has 2 aliphatic rings. The highest BCUT2D eigenvalue weighted by Crippen LogP contribution is 2.65. The molecule has 21 heavy (non-hydrogen) atoms. The zero-order valence-corrected chi connectivity index (χ0v) is 13.3. The molecule has 0 aromatic heterocycles. The highest BCUT2D eigenvalue weighted by atomic mass is 35.5. The molecule has 1 spiro atoms. The van der Waals surface area contributed by atoms with E-state index in [2.05, 4.69) is 5.32 Å². The fraction of sp³-hybridized carbons (Fsp3) is 0.647. The average molecular weight is 312 g/mol. The van der Waals surface area contributed by atoms with Crippen LogP contribution in [0.5, 0.6) is 0 Å². The molecule has 3 rings (SSSR count). The van der Waals surface area contributed by atoms with E-state index in [0.717, 1.165) is 18.7 Å². The standard InChI is InChI=1S/C17H23ClFNO/c1-21-8-7-20-12-17(10-16(11-17)5-2-6-16)14-4-3-13(19)9-15(14)18/h3-4,9,20H,2,5-8,10-12H2,1H3. The topological polar surface area (TPSA) is 21.3 Å². The van der Waals surface area contributed by atoms with Crippen LogP contribution in [0.1, 0.15) is 37.7 Å². The van der Waals surface area contributed by atoms with Gasteiger partial charge in [-0.25, -0.2) is 4.39 Å². The summed E-state index contributed by atoms with van der Waals surface area (Å²) in [6, 6.07) is 4.85. The molecule has 0 radical (unpaired) electrons. The first kappa shape index (κ1) is 15.3. The van der Waals surface area contributed by atoms with E-state index in [-0.39, 0.29) is 11.2 Å². The second-order valence-electron chi connectivity index (χ2n) is 6.78. The van der Waals surface area contributed by atoms with Crippen molar-refractivity contribution in [1.29, 1.82) is 0 Å². The number of methoxy groups -OCH3 is 1. The van der Waals surface area contributed by atoms with Gasteiger partial charge < -0.3 is 10.1 Å². The largest absolute Gasteiger partial charge is 0.383 e. The van der Waals surface area contributed by atoms with Gasteiger partial charge in [-0.1, -0.05) is 24.1 Å². The van der Waals surface area contributed by atoms with Gasteiger partial charge in [0.25, 0.3) is 0 Å². The van der Waals surface area contributed by atoms with Gasteiger partial charge >= 0.3 is 0 Å². The Labute approximate surface area is 131 Å². The van der Waals surface area contributed by atoms with Gasteiger partial charge in [0.1, 0.15) is 5.82 Å². The van der Waals surface area contributed by atoms with Crippen LogP contribution in [0.3, 0.4) is 0 Å². The van der Waals surface area contributed by atoms with Crippen LogP contribution in [0, 0.1) is 11.2 Å². The molecule has 2 aliphatic carbocycles. The molecule has 1 N–H and O–H groups in total. The molecule has 2 saturated carbocycles. The molecule has 1 aromatic carbocycles. The van der Waals surface area contributed by atoms with Gasteiger partial charge in [-0.15, -0.1) is 0 Å². The lowest BCUT2D eigenvalue weighted by Crippen LogP contribution is -2.57. The quantitative estimate of drug-likeness (QED) is 0.804. The fourth-order valence-electron chi connectivity index (χ4n) is 4.25. The first-order valence-corrected chi connectivity index (χ1v) is 8.12. The summed E-state index contributed by atoms with van der Waals surface area (Å²) in [5, 5.41) is 4.05. The summed E-state index contributed by atoms with van der Waals surface area (Å²) >= 11 is 6.33. The monoisotopic (exact) mass is 311 g/mol. The minimum Gasteiger partial charge on any atom is -0.383 e. The minimum atomic E-state index is -0.260. The molecular weight excluding hydrogens is 289 g/mol. The first-order chi connectivity index (χ1) is 10.1. The van der Waals surface area contributed by atoms with Crippen molar-refractivity contribution in [3.63, 3.8) is 0 Å². The number of ether oxygens (including phenoxy) is 1. The van der Waals surface area contributed by atoms with Crippen molar-refractivity contribution in [2.24, 2.45) is 5.41 Å². The number of halogens is 2. The Kier molecular flexibility index (Phi) is 4.26.